The Bertz CT molecular complexity index is 76.8. The van der Waals surface area contributed by atoms with Crippen molar-refractivity contribution in [2.24, 2.45) is 5.16 Å². The molecular formula is C3H3BNO. The molecule has 6 heavy (non-hydrogen) atoms. The van der Waals surface area contributed by atoms with E-state index in [2.05, 4.69) is 9.91 Å². The first-order chi connectivity index (χ1) is 3.00. The van der Waals surface area contributed by atoms with Gasteiger partial charge in [0.15, 0.2) is 0 Å². The van der Waals surface area contributed by atoms with E-state index in [0.29, 0.717) is 0 Å². The molecule has 1 aliphatic heterocycles. The minimum atomic E-state index is 1.51. The van der Waals surface area contributed by atoms with E-state index in [4.69, 9.17) is 0 Å². The minimum absolute atomic E-state index is 1.51. The van der Waals surface area contributed by atoms with Crippen LogP contribution in [-0.2, 0) is 4.76 Å². The molecule has 0 fully saturated rings. The van der Waals surface area contributed by atoms with Crippen LogP contribution in [-0.4, -0.2) is 13.7 Å². The maximum absolute atomic E-state index is 4.43. The van der Waals surface area contributed by atoms with E-state index in [-0.39, 0.29) is 0 Å². The molecule has 1 aliphatic rings. The molecule has 0 aromatic heterocycles. The highest BCUT2D eigenvalue weighted by atomic mass is 16.6. The second-order valence-electron chi connectivity index (χ2n) is 0.881. The number of oxime groups is 1. The smallest absolute Gasteiger partial charge is 0.440 e. The normalized spacial score (nSPS) is 16.0. The van der Waals surface area contributed by atoms with Crippen molar-refractivity contribution in [3.05, 3.63) is 12.1 Å². The third-order valence-corrected chi connectivity index (χ3v) is 0.458. The van der Waals surface area contributed by atoms with Crippen LogP contribution >= 0.6 is 0 Å². The highest BCUT2D eigenvalue weighted by Crippen LogP contribution is 1.78. The van der Waals surface area contributed by atoms with E-state index in [1.54, 1.807) is 18.3 Å². The molecule has 0 unspecified atom stereocenters. The largest absolute Gasteiger partial charge is 0.469 e. The zero-order chi connectivity index (χ0) is 4.24. The van der Waals surface area contributed by atoms with Gasteiger partial charge in [-0.1, -0.05) is 5.98 Å². The Morgan fingerprint density at radius 1 is 1.67 bits per heavy atom. The van der Waals surface area contributed by atoms with Gasteiger partial charge in [-0.3, -0.25) is 0 Å². The van der Waals surface area contributed by atoms with Crippen LogP contribution in [0.25, 0.3) is 0 Å². The first-order valence-corrected chi connectivity index (χ1v) is 1.68. The van der Waals surface area contributed by atoms with Crippen molar-refractivity contribution in [2.45, 2.75) is 0 Å². The van der Waals surface area contributed by atoms with Crippen molar-refractivity contribution in [2.75, 3.05) is 0 Å². The van der Waals surface area contributed by atoms with Gasteiger partial charge < -0.3 is 4.76 Å². The summed E-state index contributed by atoms with van der Waals surface area (Å²) in [7, 11) is 1.51. The van der Waals surface area contributed by atoms with E-state index in [1.165, 1.54) is 7.48 Å². The van der Waals surface area contributed by atoms with Gasteiger partial charge in [0.05, 0.1) is 6.21 Å². The second-order valence-corrected chi connectivity index (χ2v) is 0.881. The summed E-state index contributed by atoms with van der Waals surface area (Å²) in [5, 5.41) is 3.41. The van der Waals surface area contributed by atoms with Crippen molar-refractivity contribution in [3.63, 3.8) is 0 Å². The molecule has 0 N–H and O–H groups in total. The maximum atomic E-state index is 4.43. The topological polar surface area (TPSA) is 21.6 Å². The lowest BCUT2D eigenvalue weighted by Crippen LogP contribution is -1.91. The summed E-state index contributed by atoms with van der Waals surface area (Å²) < 4.78 is 4.43. The predicted octanol–water partition coefficient (Wildman–Crippen LogP) is 0.135. The van der Waals surface area contributed by atoms with Gasteiger partial charge in [0.1, 0.15) is 0 Å². The fourth-order valence-electron chi connectivity index (χ4n) is 0.236. The molecule has 0 spiro atoms. The van der Waals surface area contributed by atoms with Crippen LogP contribution in [0.2, 0.25) is 0 Å². The summed E-state index contributed by atoms with van der Waals surface area (Å²) in [6.45, 7) is 0. The van der Waals surface area contributed by atoms with E-state index in [0.717, 1.165) is 0 Å². The SMILES string of the molecule is [B]1C=CC=NO1. The third kappa shape index (κ3) is 0.609. The zero-order valence-corrected chi connectivity index (χ0v) is 3.16. The number of hydrogen-bond acceptors (Lipinski definition) is 2. The third-order valence-electron chi connectivity index (χ3n) is 0.458. The minimum Gasteiger partial charge on any atom is -0.469 e. The van der Waals surface area contributed by atoms with Crippen LogP contribution in [0.15, 0.2) is 17.2 Å². The molecule has 0 aliphatic carbocycles. The standard InChI is InChI=1S/C3H3BNO/c1-2-4-6-5-3-1/h1-3H. The zero-order valence-electron chi connectivity index (χ0n) is 3.16. The van der Waals surface area contributed by atoms with E-state index >= 15 is 0 Å². The van der Waals surface area contributed by atoms with Crippen molar-refractivity contribution in [1.29, 1.82) is 0 Å². The van der Waals surface area contributed by atoms with E-state index in [9.17, 15) is 0 Å². The quantitative estimate of drug-likeness (QED) is 0.379. The van der Waals surface area contributed by atoms with Crippen LogP contribution in [0, 0.1) is 0 Å². The summed E-state index contributed by atoms with van der Waals surface area (Å²) >= 11 is 0. The molecule has 1 rings (SSSR count). The van der Waals surface area contributed by atoms with Crippen LogP contribution < -0.4 is 0 Å². The number of rotatable bonds is 0. The summed E-state index contributed by atoms with van der Waals surface area (Å²) in [6.07, 6.45) is 3.38. The summed E-state index contributed by atoms with van der Waals surface area (Å²) in [5.41, 5.74) is 0. The number of hydrogen-bond donors (Lipinski definition) is 0. The molecule has 0 bridgehead atoms. The summed E-state index contributed by atoms with van der Waals surface area (Å²) in [4.78, 5) is 0. The Morgan fingerprint density at radius 3 is 2.83 bits per heavy atom. The lowest BCUT2D eigenvalue weighted by Gasteiger charge is -1.90. The van der Waals surface area contributed by atoms with Crippen molar-refractivity contribution >= 4 is 13.7 Å². The predicted molar refractivity (Wildman–Crippen MR) is 24.5 cm³/mol. The van der Waals surface area contributed by atoms with Crippen LogP contribution in [0.5, 0.6) is 0 Å². The number of allylic oxidation sites excluding steroid dienone is 1. The van der Waals surface area contributed by atoms with Crippen LogP contribution in [0.3, 0.4) is 0 Å². The van der Waals surface area contributed by atoms with Crippen LogP contribution in [0.1, 0.15) is 0 Å². The first-order valence-electron chi connectivity index (χ1n) is 1.68. The molecule has 29 valence electrons. The Kier molecular flexibility index (Phi) is 0.951. The first kappa shape index (κ1) is 3.46. The lowest BCUT2D eigenvalue weighted by molar-refractivity contribution is 0.370. The van der Waals surface area contributed by atoms with Gasteiger partial charge in [-0.25, -0.2) is 0 Å². The molecule has 0 aromatic carbocycles. The molecule has 1 radical (unpaired) electrons. The highest BCUT2D eigenvalue weighted by molar-refractivity contribution is 6.35. The molecule has 2 nitrogen and oxygen atoms in total. The monoisotopic (exact) mass is 80.0 g/mol. The Labute approximate surface area is 36.8 Å². The fraction of sp³-hybridized carbons (Fsp3) is 0. The van der Waals surface area contributed by atoms with Crippen LogP contribution in [0.4, 0.5) is 0 Å². The van der Waals surface area contributed by atoms with Gasteiger partial charge >= 0.3 is 7.48 Å². The molecule has 0 atom stereocenters. The van der Waals surface area contributed by atoms with Gasteiger partial charge in [0.25, 0.3) is 0 Å². The average molecular weight is 79.9 g/mol. The van der Waals surface area contributed by atoms with Gasteiger partial charge in [-0.2, -0.15) is 0 Å². The van der Waals surface area contributed by atoms with E-state index < -0.39 is 0 Å². The Morgan fingerprint density at radius 2 is 2.67 bits per heavy atom. The molecule has 0 aromatic rings. The molecule has 3 heteroatoms. The highest BCUT2D eigenvalue weighted by Gasteiger charge is 1.84. The number of nitrogens with zero attached hydrogens (tertiary/aromatic N) is 1. The second kappa shape index (κ2) is 1.65. The van der Waals surface area contributed by atoms with Crippen molar-refractivity contribution < 1.29 is 4.76 Å². The van der Waals surface area contributed by atoms with Gasteiger partial charge in [-0.15, -0.1) is 5.16 Å². The maximum Gasteiger partial charge on any atom is 0.440 e. The molecule has 0 saturated carbocycles. The molecule has 0 saturated heterocycles. The van der Waals surface area contributed by atoms with Gasteiger partial charge in [-0.05, 0) is 6.08 Å². The molecular weight excluding hydrogens is 76.9 g/mol. The Hall–Kier alpha value is -0.725. The average Bonchev–Trinajstić information content (AvgIpc) is 1.72. The van der Waals surface area contributed by atoms with E-state index in [1.807, 2.05) is 0 Å². The molecule has 0 amide bonds. The lowest BCUT2D eigenvalue weighted by atomic mass is 10.0. The van der Waals surface area contributed by atoms with Gasteiger partial charge in [0.2, 0.25) is 0 Å². The fourth-order valence-corrected chi connectivity index (χ4v) is 0.236. The Balaban J connectivity index is 2.46. The van der Waals surface area contributed by atoms with Crippen molar-refractivity contribution in [1.82, 2.24) is 0 Å². The van der Waals surface area contributed by atoms with Gasteiger partial charge in [0, 0.05) is 0 Å². The molecule has 1 heterocycles. The summed E-state index contributed by atoms with van der Waals surface area (Å²) in [5.74, 6) is 1.77. The summed E-state index contributed by atoms with van der Waals surface area (Å²) in [6, 6.07) is 0. The van der Waals surface area contributed by atoms with Crippen molar-refractivity contribution in [3.8, 4) is 0 Å².